The van der Waals surface area contributed by atoms with E-state index in [1.165, 1.54) is 0 Å². The van der Waals surface area contributed by atoms with Crippen molar-refractivity contribution in [3.05, 3.63) is 17.4 Å². The zero-order valence-corrected chi connectivity index (χ0v) is 9.57. The molecule has 1 aromatic heterocycles. The lowest BCUT2D eigenvalue weighted by atomic mass is 9.94. The second kappa shape index (κ2) is 3.42. The third-order valence-corrected chi connectivity index (χ3v) is 3.65. The maximum atomic E-state index is 12.2. The molecule has 3 rings (SSSR count). The molecule has 1 aromatic rings. The van der Waals surface area contributed by atoms with Gasteiger partial charge in [-0.2, -0.15) is 0 Å². The summed E-state index contributed by atoms with van der Waals surface area (Å²) in [6.45, 7) is 0.709. The van der Waals surface area contributed by atoms with Crippen LogP contribution in [0.25, 0.3) is 0 Å². The molecular formula is C11H12ClN3O. The van der Waals surface area contributed by atoms with Gasteiger partial charge < -0.3 is 0 Å². The summed E-state index contributed by atoms with van der Waals surface area (Å²) in [6.07, 6.45) is 5.67. The fraction of sp³-hybridized carbons (Fsp3) is 0.545. The molecule has 0 bridgehead atoms. The van der Waals surface area contributed by atoms with E-state index in [2.05, 4.69) is 9.97 Å². The van der Waals surface area contributed by atoms with Crippen molar-refractivity contribution in [2.45, 2.75) is 25.7 Å². The van der Waals surface area contributed by atoms with Gasteiger partial charge in [-0.3, -0.25) is 9.69 Å². The third kappa shape index (κ3) is 1.48. The number of hydrogen-bond donors (Lipinski definition) is 0. The average molecular weight is 238 g/mol. The lowest BCUT2D eigenvalue weighted by molar-refractivity contribution is -0.125. The summed E-state index contributed by atoms with van der Waals surface area (Å²) in [6, 6.07) is 1.62. The number of rotatable bonds is 1. The van der Waals surface area contributed by atoms with Crippen LogP contribution in [-0.2, 0) is 4.79 Å². The molecule has 2 fully saturated rings. The van der Waals surface area contributed by atoms with Crippen LogP contribution in [-0.4, -0.2) is 22.4 Å². The monoisotopic (exact) mass is 237 g/mol. The van der Waals surface area contributed by atoms with Crippen molar-refractivity contribution in [1.82, 2.24) is 9.97 Å². The normalized spacial score (nSPS) is 22.6. The Labute approximate surface area is 98.6 Å². The van der Waals surface area contributed by atoms with Crippen LogP contribution in [0.5, 0.6) is 0 Å². The van der Waals surface area contributed by atoms with E-state index in [1.807, 2.05) is 0 Å². The van der Waals surface area contributed by atoms with E-state index < -0.39 is 0 Å². The first-order valence-electron chi connectivity index (χ1n) is 5.52. The Kier molecular flexibility index (Phi) is 2.14. The van der Waals surface area contributed by atoms with Crippen LogP contribution in [0.15, 0.2) is 12.3 Å². The minimum atomic E-state index is -0.0794. The van der Waals surface area contributed by atoms with Gasteiger partial charge in [0, 0.05) is 18.2 Å². The van der Waals surface area contributed by atoms with Crippen molar-refractivity contribution in [1.29, 1.82) is 0 Å². The van der Waals surface area contributed by atoms with Crippen molar-refractivity contribution in [2.75, 3.05) is 11.4 Å². The van der Waals surface area contributed by atoms with Gasteiger partial charge in [-0.1, -0.05) is 11.6 Å². The summed E-state index contributed by atoms with van der Waals surface area (Å²) < 4.78 is 0. The van der Waals surface area contributed by atoms with Crippen LogP contribution in [0.4, 0.5) is 5.95 Å². The van der Waals surface area contributed by atoms with Crippen LogP contribution in [0.1, 0.15) is 25.7 Å². The molecular weight excluding hydrogens is 226 g/mol. The Morgan fingerprint density at radius 3 is 2.88 bits per heavy atom. The number of carbonyl (C=O) groups excluding carboxylic acids is 1. The fourth-order valence-corrected chi connectivity index (χ4v) is 2.46. The van der Waals surface area contributed by atoms with E-state index in [4.69, 9.17) is 11.6 Å². The zero-order chi connectivity index (χ0) is 11.2. The highest BCUT2D eigenvalue weighted by Crippen LogP contribution is 2.53. The predicted molar refractivity (Wildman–Crippen MR) is 60.3 cm³/mol. The first-order valence-corrected chi connectivity index (χ1v) is 5.90. The maximum absolute atomic E-state index is 12.2. The molecule has 0 N–H and O–H groups in total. The van der Waals surface area contributed by atoms with E-state index in [1.54, 1.807) is 17.2 Å². The molecule has 2 aliphatic rings. The van der Waals surface area contributed by atoms with Crippen LogP contribution in [0.3, 0.4) is 0 Å². The summed E-state index contributed by atoms with van der Waals surface area (Å²) in [5.41, 5.74) is -0.0794. The average Bonchev–Trinajstić information content (AvgIpc) is 3.03. The summed E-state index contributed by atoms with van der Waals surface area (Å²) in [5, 5.41) is 0.383. The Bertz CT molecular complexity index is 445. The van der Waals surface area contributed by atoms with E-state index in [0.717, 1.165) is 25.7 Å². The molecule has 0 unspecified atom stereocenters. The SMILES string of the molecule is O=C1N(c2nccc(Cl)n2)CCCC12CC2. The third-order valence-electron chi connectivity index (χ3n) is 3.44. The van der Waals surface area contributed by atoms with Gasteiger partial charge in [0.2, 0.25) is 11.9 Å². The van der Waals surface area contributed by atoms with Gasteiger partial charge in [-0.25, -0.2) is 9.97 Å². The summed E-state index contributed by atoms with van der Waals surface area (Å²) in [5.74, 6) is 0.629. The molecule has 1 saturated heterocycles. The minimum absolute atomic E-state index is 0.0794. The van der Waals surface area contributed by atoms with Crippen LogP contribution in [0.2, 0.25) is 5.15 Å². The van der Waals surface area contributed by atoms with Crippen molar-refractivity contribution in [3.63, 3.8) is 0 Å². The number of hydrogen-bond acceptors (Lipinski definition) is 3. The molecule has 2 heterocycles. The molecule has 0 radical (unpaired) electrons. The van der Waals surface area contributed by atoms with Crippen LogP contribution in [0, 0.1) is 5.41 Å². The number of carbonyl (C=O) groups is 1. The molecule has 16 heavy (non-hydrogen) atoms. The zero-order valence-electron chi connectivity index (χ0n) is 8.82. The number of halogens is 1. The lowest BCUT2D eigenvalue weighted by Crippen LogP contribution is -2.43. The van der Waals surface area contributed by atoms with Crippen LogP contribution >= 0.6 is 11.6 Å². The predicted octanol–water partition coefficient (Wildman–Crippen LogP) is 2.04. The van der Waals surface area contributed by atoms with E-state index in [0.29, 0.717) is 17.6 Å². The van der Waals surface area contributed by atoms with Gasteiger partial charge in [0.25, 0.3) is 0 Å². The summed E-state index contributed by atoms with van der Waals surface area (Å²) in [7, 11) is 0. The first kappa shape index (κ1) is 10.0. The Balaban J connectivity index is 1.92. The number of nitrogens with zero attached hydrogens (tertiary/aromatic N) is 3. The smallest absolute Gasteiger partial charge is 0.235 e. The van der Waals surface area contributed by atoms with Crippen LogP contribution < -0.4 is 4.90 Å². The summed E-state index contributed by atoms with van der Waals surface area (Å²) in [4.78, 5) is 22.1. The van der Waals surface area contributed by atoms with E-state index in [-0.39, 0.29) is 11.3 Å². The maximum Gasteiger partial charge on any atom is 0.235 e. The van der Waals surface area contributed by atoms with Gasteiger partial charge in [-0.15, -0.1) is 0 Å². The standard InChI is InChI=1S/C11H12ClN3O/c12-8-2-6-13-10(14-8)15-7-1-3-11(4-5-11)9(15)16/h2,6H,1,3-5,7H2. The lowest BCUT2D eigenvalue weighted by Gasteiger charge is -2.30. The van der Waals surface area contributed by atoms with Gasteiger partial charge >= 0.3 is 0 Å². The van der Waals surface area contributed by atoms with Gasteiger partial charge in [0.1, 0.15) is 5.15 Å². The molecule has 0 aromatic carbocycles. The fourth-order valence-electron chi connectivity index (χ4n) is 2.33. The largest absolute Gasteiger partial charge is 0.280 e. The molecule has 1 aliphatic heterocycles. The molecule has 84 valence electrons. The number of amides is 1. The molecule has 0 atom stereocenters. The van der Waals surface area contributed by atoms with Crippen molar-refractivity contribution in [2.24, 2.45) is 5.41 Å². The first-order chi connectivity index (χ1) is 7.71. The van der Waals surface area contributed by atoms with E-state index in [9.17, 15) is 4.79 Å². The Morgan fingerprint density at radius 2 is 2.19 bits per heavy atom. The van der Waals surface area contributed by atoms with E-state index >= 15 is 0 Å². The highest BCUT2D eigenvalue weighted by molar-refractivity contribution is 6.29. The van der Waals surface area contributed by atoms with Crippen molar-refractivity contribution in [3.8, 4) is 0 Å². The quantitative estimate of drug-likeness (QED) is 0.703. The number of anilines is 1. The van der Waals surface area contributed by atoms with Gasteiger partial charge in [0.05, 0.1) is 0 Å². The highest BCUT2D eigenvalue weighted by Gasteiger charge is 2.53. The van der Waals surface area contributed by atoms with Gasteiger partial charge in [-0.05, 0) is 31.7 Å². The van der Waals surface area contributed by atoms with Gasteiger partial charge in [0.15, 0.2) is 0 Å². The summed E-state index contributed by atoms with van der Waals surface area (Å²) >= 11 is 5.81. The number of piperidine rings is 1. The molecule has 1 aliphatic carbocycles. The highest BCUT2D eigenvalue weighted by atomic mass is 35.5. The van der Waals surface area contributed by atoms with Crippen molar-refractivity contribution < 1.29 is 4.79 Å². The van der Waals surface area contributed by atoms with Crippen molar-refractivity contribution >= 4 is 23.5 Å². The topological polar surface area (TPSA) is 46.1 Å². The molecule has 1 spiro atoms. The molecule has 1 saturated carbocycles. The Morgan fingerprint density at radius 1 is 1.38 bits per heavy atom. The second-order valence-corrected chi connectivity index (χ2v) is 4.91. The Hall–Kier alpha value is -1.16. The molecule has 4 nitrogen and oxygen atoms in total. The number of aromatic nitrogens is 2. The second-order valence-electron chi connectivity index (χ2n) is 4.52. The molecule has 1 amide bonds. The minimum Gasteiger partial charge on any atom is -0.280 e. The molecule has 5 heteroatoms.